The molecule has 4 aliphatic carbocycles. The number of benzene rings is 1. The number of likely N-dealkylation sites (tertiary alicyclic amines) is 1. The summed E-state index contributed by atoms with van der Waals surface area (Å²) in [7, 11) is -0.607. The average molecular weight is 546 g/mol. The van der Waals surface area contributed by atoms with E-state index in [0.29, 0.717) is 42.6 Å². The number of nitrogens with one attached hydrogen (secondary N) is 1. The van der Waals surface area contributed by atoms with Gasteiger partial charge in [0.2, 0.25) is 5.91 Å². The van der Waals surface area contributed by atoms with Crippen molar-refractivity contribution >= 4 is 30.1 Å². The number of hydrogen-bond acceptors (Lipinski definition) is 6. The van der Waals surface area contributed by atoms with Crippen LogP contribution < -0.4 is 5.32 Å². The number of alkyl carbamates (subject to hydrolysis) is 1. The molecule has 6 fully saturated rings. The normalized spacial score (nSPS) is 37.4. The molecule has 212 valence electrons. The smallest absolute Gasteiger partial charge is 0.464 e. The number of piperidine rings is 1. The molecule has 2 aromatic rings. The molecule has 2 amide bonds. The Morgan fingerprint density at radius 1 is 1.27 bits per heavy atom. The molecule has 4 unspecified atom stereocenters. The number of ether oxygens (including phenoxy) is 1. The molecule has 1 N–H and O–H groups in total. The monoisotopic (exact) mass is 546 g/mol. The van der Waals surface area contributed by atoms with Crippen molar-refractivity contribution in [2.24, 2.45) is 35.0 Å². The Labute approximate surface area is 235 Å². The van der Waals surface area contributed by atoms with Crippen molar-refractivity contribution in [2.75, 3.05) is 13.2 Å². The van der Waals surface area contributed by atoms with Gasteiger partial charge in [0.25, 0.3) is 0 Å². The number of para-hydroxylation sites is 1. The summed E-state index contributed by atoms with van der Waals surface area (Å²) in [6.45, 7) is 13.5. The van der Waals surface area contributed by atoms with Gasteiger partial charge in [-0.1, -0.05) is 45.5 Å². The summed E-state index contributed by atoms with van der Waals surface area (Å²) in [6.07, 6.45) is 5.17. The second kappa shape index (κ2) is 9.11. The van der Waals surface area contributed by atoms with Crippen LogP contribution in [-0.4, -0.2) is 60.9 Å². The van der Waals surface area contributed by atoms with Crippen molar-refractivity contribution in [3.05, 3.63) is 48.7 Å². The zero-order valence-electron chi connectivity index (χ0n) is 23.8. The molecular weight excluding hydrogens is 507 g/mol. The van der Waals surface area contributed by atoms with E-state index >= 15 is 0 Å². The molecule has 8 nitrogen and oxygen atoms in total. The van der Waals surface area contributed by atoms with Crippen LogP contribution in [0.15, 0.2) is 47.6 Å². The number of rotatable bonds is 7. The van der Waals surface area contributed by atoms with Crippen LogP contribution in [0.1, 0.15) is 46.1 Å². The molecule has 6 aliphatic rings. The first-order valence-corrected chi connectivity index (χ1v) is 14.8. The number of carbonyl (C=O) groups is 2. The van der Waals surface area contributed by atoms with Gasteiger partial charge in [0.1, 0.15) is 12.2 Å². The summed E-state index contributed by atoms with van der Waals surface area (Å²) in [5.41, 5.74) is 1.61. The van der Waals surface area contributed by atoms with Crippen molar-refractivity contribution in [1.82, 2.24) is 10.2 Å². The molecule has 1 aromatic carbocycles. The number of hydrogen-bond donors (Lipinski definition) is 1. The first-order chi connectivity index (χ1) is 19.1. The van der Waals surface area contributed by atoms with Crippen molar-refractivity contribution in [2.45, 2.75) is 70.6 Å². The van der Waals surface area contributed by atoms with E-state index in [1.165, 1.54) is 6.08 Å². The van der Waals surface area contributed by atoms with Gasteiger partial charge in [0, 0.05) is 11.9 Å². The van der Waals surface area contributed by atoms with Crippen LogP contribution in [0.3, 0.4) is 0 Å². The Kier molecular flexibility index (Phi) is 5.96. The van der Waals surface area contributed by atoms with E-state index in [4.69, 9.17) is 18.5 Å². The number of furan rings is 1. The van der Waals surface area contributed by atoms with Crippen LogP contribution in [-0.2, 0) is 25.3 Å². The SMILES string of the molecule is C=CC(=O)N1CC2C(C)C2[C@@H]1COC(=O)N[C@@H](Cc1coc2ccccc12)B1OC2C[C@@H]3C[C@@H](C3(C)C)[C@]2(C)O1. The zero-order valence-corrected chi connectivity index (χ0v) is 23.8. The maximum atomic E-state index is 13.3. The van der Waals surface area contributed by atoms with Crippen molar-refractivity contribution in [3.8, 4) is 0 Å². The van der Waals surface area contributed by atoms with Crippen molar-refractivity contribution in [3.63, 3.8) is 0 Å². The minimum atomic E-state index is -0.607. The standard InChI is InChI=1S/C31H39BN2O6/c1-6-27(35)34-14-21-17(2)28(21)22(34)16-38-29(36)33-26(11-18-15-37-23-10-8-7-9-20(18)23)32-39-25-13-19-12-24(30(19,3)4)31(25,5)40-32/h6-10,15,17,19,21-22,24-26,28H,1,11-14,16H2,2-5H3,(H,33,36)/t17?,19-,21?,22-,24-,25?,26-,28?,31-/m0/s1. The highest BCUT2D eigenvalue weighted by Gasteiger charge is 2.68. The van der Waals surface area contributed by atoms with E-state index in [-0.39, 0.29) is 30.1 Å². The van der Waals surface area contributed by atoms with Crippen molar-refractivity contribution in [1.29, 1.82) is 0 Å². The Morgan fingerprint density at radius 3 is 2.85 bits per heavy atom. The fourth-order valence-corrected chi connectivity index (χ4v) is 8.71. The van der Waals surface area contributed by atoms with Crippen LogP contribution in [0.5, 0.6) is 0 Å². The van der Waals surface area contributed by atoms with Crippen molar-refractivity contribution < 1.29 is 28.1 Å². The summed E-state index contributed by atoms with van der Waals surface area (Å²) in [5, 5.41) is 4.09. The van der Waals surface area contributed by atoms with Gasteiger partial charge in [-0.15, -0.1) is 0 Å². The van der Waals surface area contributed by atoms with Gasteiger partial charge in [0.15, 0.2) is 0 Å². The summed E-state index contributed by atoms with van der Waals surface area (Å²) >= 11 is 0. The van der Waals surface area contributed by atoms with E-state index in [9.17, 15) is 9.59 Å². The molecule has 2 aliphatic heterocycles. The van der Waals surface area contributed by atoms with Gasteiger partial charge in [-0.05, 0) is 78.9 Å². The molecule has 9 heteroatoms. The molecular formula is C31H39BN2O6. The summed E-state index contributed by atoms with van der Waals surface area (Å²) < 4.78 is 24.9. The van der Waals surface area contributed by atoms with E-state index in [1.54, 1.807) is 11.2 Å². The molecule has 8 rings (SSSR count). The topological polar surface area (TPSA) is 90.2 Å². The fraction of sp³-hybridized carbons (Fsp3) is 0.613. The third-order valence-corrected chi connectivity index (χ3v) is 11.3. The second-order valence-corrected chi connectivity index (χ2v) is 13.5. The van der Waals surface area contributed by atoms with Crippen LogP contribution in [0, 0.1) is 35.0 Å². The molecule has 40 heavy (non-hydrogen) atoms. The maximum absolute atomic E-state index is 13.3. The number of nitrogens with zero attached hydrogens (tertiary/aromatic N) is 1. The average Bonchev–Trinajstić information content (AvgIpc) is 3.31. The van der Waals surface area contributed by atoms with Gasteiger partial charge in [0.05, 0.1) is 30.0 Å². The van der Waals surface area contributed by atoms with Gasteiger partial charge in [-0.25, -0.2) is 4.79 Å². The lowest BCUT2D eigenvalue weighted by Gasteiger charge is -2.64. The van der Waals surface area contributed by atoms with E-state index in [1.807, 2.05) is 24.3 Å². The Hall–Kier alpha value is -2.78. The first kappa shape index (κ1) is 26.1. The lowest BCUT2D eigenvalue weighted by molar-refractivity contribution is -0.199. The van der Waals surface area contributed by atoms with Gasteiger partial charge >= 0.3 is 13.2 Å². The van der Waals surface area contributed by atoms with Crippen LogP contribution in [0.25, 0.3) is 11.0 Å². The number of amides is 2. The van der Waals surface area contributed by atoms with Gasteiger partial charge in [-0.3, -0.25) is 4.79 Å². The number of carbonyl (C=O) groups excluding carboxylic acids is 2. The molecule has 0 radical (unpaired) electrons. The third kappa shape index (κ3) is 3.87. The Morgan fingerprint density at radius 2 is 2.08 bits per heavy atom. The first-order valence-electron chi connectivity index (χ1n) is 14.8. The highest BCUT2D eigenvalue weighted by atomic mass is 16.7. The highest BCUT2D eigenvalue weighted by Crippen LogP contribution is 2.65. The molecule has 2 bridgehead atoms. The molecule has 2 saturated heterocycles. The second-order valence-electron chi connectivity index (χ2n) is 13.5. The van der Waals surface area contributed by atoms with Gasteiger partial charge in [-0.2, -0.15) is 0 Å². The quantitative estimate of drug-likeness (QED) is 0.403. The number of fused-ring (bicyclic) bond motifs is 2. The highest BCUT2D eigenvalue weighted by molar-refractivity contribution is 6.48. The van der Waals surface area contributed by atoms with Gasteiger partial charge < -0.3 is 28.7 Å². The van der Waals surface area contributed by atoms with E-state index in [0.717, 1.165) is 29.4 Å². The lowest BCUT2D eigenvalue weighted by Crippen LogP contribution is -2.65. The summed E-state index contributed by atoms with van der Waals surface area (Å²) in [4.78, 5) is 27.5. The summed E-state index contributed by atoms with van der Waals surface area (Å²) in [5.74, 6) is 1.84. The Bertz CT molecular complexity index is 1360. The predicted octanol–water partition coefficient (Wildman–Crippen LogP) is 4.62. The fourth-order valence-electron chi connectivity index (χ4n) is 8.71. The molecule has 9 atom stereocenters. The molecule has 1 aromatic heterocycles. The van der Waals surface area contributed by atoms with Crippen LogP contribution in [0.4, 0.5) is 4.79 Å². The maximum Gasteiger partial charge on any atom is 0.482 e. The minimum absolute atomic E-state index is 0.000870. The molecule has 3 heterocycles. The van der Waals surface area contributed by atoms with Crippen LogP contribution >= 0.6 is 0 Å². The Balaban J connectivity index is 1.09. The minimum Gasteiger partial charge on any atom is -0.464 e. The summed E-state index contributed by atoms with van der Waals surface area (Å²) in [6, 6.07) is 7.77. The lowest BCUT2D eigenvalue weighted by atomic mass is 9.43. The largest absolute Gasteiger partial charge is 0.482 e. The zero-order chi connectivity index (χ0) is 28.0. The van der Waals surface area contributed by atoms with E-state index < -0.39 is 24.8 Å². The molecule has 4 saturated carbocycles. The van der Waals surface area contributed by atoms with E-state index in [2.05, 4.69) is 39.6 Å². The van der Waals surface area contributed by atoms with Crippen LogP contribution in [0.2, 0.25) is 0 Å². The third-order valence-electron chi connectivity index (χ3n) is 11.3. The predicted molar refractivity (Wildman–Crippen MR) is 150 cm³/mol. The molecule has 0 spiro atoms.